The fourth-order valence-electron chi connectivity index (χ4n) is 3.80. The number of aryl methyl sites for hydroxylation is 1. The van der Waals surface area contributed by atoms with Gasteiger partial charge in [0.25, 0.3) is 0 Å². The van der Waals surface area contributed by atoms with Crippen LogP contribution in [0, 0.1) is 6.92 Å². The minimum atomic E-state index is -1.28. The molecule has 0 heterocycles. The molecule has 4 amide bonds. The van der Waals surface area contributed by atoms with Gasteiger partial charge >= 0.3 is 6.09 Å². The quantitative estimate of drug-likeness (QED) is 0.414. The molecule has 0 aliphatic heterocycles. The molecule has 0 aliphatic rings. The van der Waals surface area contributed by atoms with Crippen molar-refractivity contribution in [2.75, 3.05) is 6.54 Å². The zero-order chi connectivity index (χ0) is 26.8. The van der Waals surface area contributed by atoms with Crippen LogP contribution in [0.15, 0.2) is 24.3 Å². The monoisotopic (exact) mass is 490 g/mol. The van der Waals surface area contributed by atoms with E-state index >= 15 is 0 Å². The number of carbonyl (C=O) groups excluding carboxylic acids is 4. The van der Waals surface area contributed by atoms with Gasteiger partial charge in [-0.15, -0.1) is 0 Å². The molecule has 0 bridgehead atoms. The molecule has 1 aromatic rings. The van der Waals surface area contributed by atoms with Gasteiger partial charge in [0.2, 0.25) is 17.7 Å². The van der Waals surface area contributed by atoms with Crippen molar-refractivity contribution in [3.63, 3.8) is 0 Å². The minimum absolute atomic E-state index is 0.0836. The molecule has 1 rings (SSSR count). The fraction of sp³-hybridized carbons (Fsp3) is 0.615. The van der Waals surface area contributed by atoms with Crippen LogP contribution in [-0.4, -0.2) is 52.9 Å². The van der Waals surface area contributed by atoms with E-state index in [9.17, 15) is 19.2 Å². The molecule has 3 unspecified atom stereocenters. The number of benzene rings is 1. The molecular weight excluding hydrogens is 448 g/mol. The Balaban J connectivity index is 3.43. The Morgan fingerprint density at radius 1 is 1.09 bits per heavy atom. The van der Waals surface area contributed by atoms with Crippen molar-refractivity contribution in [1.29, 1.82) is 0 Å². The summed E-state index contributed by atoms with van der Waals surface area (Å²) in [5.74, 6) is -1.67. The molecule has 0 aliphatic carbocycles. The third kappa shape index (κ3) is 10.4. The number of hydrogen-bond donors (Lipinski definition) is 3. The van der Waals surface area contributed by atoms with Crippen LogP contribution in [0.25, 0.3) is 0 Å². The van der Waals surface area contributed by atoms with Crippen LogP contribution in [0.2, 0.25) is 0 Å². The molecule has 0 radical (unpaired) electrons. The lowest BCUT2D eigenvalue weighted by Crippen LogP contribution is -2.54. The summed E-state index contributed by atoms with van der Waals surface area (Å²) in [5.41, 5.74) is 6.17. The Morgan fingerprint density at radius 2 is 1.74 bits per heavy atom. The van der Waals surface area contributed by atoms with Crippen molar-refractivity contribution >= 4 is 23.8 Å². The van der Waals surface area contributed by atoms with Crippen molar-refractivity contribution in [1.82, 2.24) is 15.5 Å². The Labute approximate surface area is 209 Å². The summed E-state index contributed by atoms with van der Waals surface area (Å²) in [7, 11) is 0. The van der Waals surface area contributed by atoms with Crippen molar-refractivity contribution in [3.8, 4) is 0 Å². The Kier molecular flexibility index (Phi) is 11.7. The lowest BCUT2D eigenvalue weighted by molar-refractivity contribution is -0.143. The molecule has 196 valence electrons. The highest BCUT2D eigenvalue weighted by Crippen LogP contribution is 2.25. The number of rotatable bonds is 12. The van der Waals surface area contributed by atoms with Crippen LogP contribution < -0.4 is 16.4 Å². The third-order valence-corrected chi connectivity index (χ3v) is 5.17. The van der Waals surface area contributed by atoms with Crippen LogP contribution >= 0.6 is 0 Å². The van der Waals surface area contributed by atoms with Gasteiger partial charge in [-0.05, 0) is 53.0 Å². The van der Waals surface area contributed by atoms with E-state index in [4.69, 9.17) is 10.5 Å². The first-order chi connectivity index (χ1) is 16.3. The second-order valence-corrected chi connectivity index (χ2v) is 9.92. The van der Waals surface area contributed by atoms with Gasteiger partial charge in [-0.3, -0.25) is 14.4 Å². The highest BCUT2D eigenvalue weighted by Gasteiger charge is 2.36. The smallest absolute Gasteiger partial charge is 0.408 e. The van der Waals surface area contributed by atoms with Gasteiger partial charge in [0, 0.05) is 12.6 Å². The average Bonchev–Trinajstić information content (AvgIpc) is 2.71. The summed E-state index contributed by atoms with van der Waals surface area (Å²) in [5, 5.41) is 5.48. The van der Waals surface area contributed by atoms with Crippen LogP contribution in [0.5, 0.6) is 0 Å². The number of primary amides is 1. The summed E-state index contributed by atoms with van der Waals surface area (Å²) in [6.45, 7) is 13.0. The second-order valence-electron chi connectivity index (χ2n) is 9.92. The summed E-state index contributed by atoms with van der Waals surface area (Å²) >= 11 is 0. The average molecular weight is 491 g/mol. The molecule has 3 atom stereocenters. The molecule has 0 saturated carbocycles. The standard InChI is InChI=1S/C26H42N4O5/c1-8-11-18(4)28-23(32)22(19-13-10-12-17(3)15-19)30(14-9-2)24(33)20(16-21(27)31)29-25(34)35-26(5,6)7/h10,12-13,15,18,20,22H,8-9,11,14,16H2,1-7H3,(H2,27,31)(H,28,32)(H,29,34). The maximum Gasteiger partial charge on any atom is 0.408 e. The SMILES string of the molecule is CCCC(C)NC(=O)C(c1cccc(C)c1)N(CCC)C(=O)C(CC(N)=O)NC(=O)OC(C)(C)C. The third-order valence-electron chi connectivity index (χ3n) is 5.17. The van der Waals surface area contributed by atoms with E-state index < -0.39 is 42.0 Å². The molecule has 9 heteroatoms. The van der Waals surface area contributed by atoms with E-state index in [0.717, 1.165) is 18.4 Å². The van der Waals surface area contributed by atoms with Gasteiger partial charge in [0.05, 0.1) is 6.42 Å². The molecule has 9 nitrogen and oxygen atoms in total. The van der Waals surface area contributed by atoms with Gasteiger partial charge < -0.3 is 26.0 Å². The highest BCUT2D eigenvalue weighted by molar-refractivity contribution is 5.94. The molecule has 0 saturated heterocycles. The first-order valence-corrected chi connectivity index (χ1v) is 12.2. The number of ether oxygens (including phenoxy) is 1. The van der Waals surface area contributed by atoms with E-state index in [0.29, 0.717) is 12.0 Å². The van der Waals surface area contributed by atoms with Crippen LogP contribution in [0.4, 0.5) is 4.79 Å². The number of alkyl carbamates (subject to hydrolysis) is 1. The van der Waals surface area contributed by atoms with E-state index in [2.05, 4.69) is 10.6 Å². The maximum absolute atomic E-state index is 13.8. The van der Waals surface area contributed by atoms with Crippen LogP contribution in [0.1, 0.15) is 84.4 Å². The molecule has 0 spiro atoms. The Bertz CT molecular complexity index is 881. The number of nitrogens with two attached hydrogens (primary N) is 1. The van der Waals surface area contributed by atoms with Gasteiger partial charge in [-0.2, -0.15) is 0 Å². The second kappa shape index (κ2) is 13.7. The molecule has 1 aromatic carbocycles. The van der Waals surface area contributed by atoms with E-state index in [1.165, 1.54) is 4.90 Å². The van der Waals surface area contributed by atoms with Crippen LogP contribution in [0.3, 0.4) is 0 Å². The Morgan fingerprint density at radius 3 is 2.26 bits per heavy atom. The zero-order valence-electron chi connectivity index (χ0n) is 22.1. The largest absolute Gasteiger partial charge is 0.444 e. The van der Waals surface area contributed by atoms with Gasteiger partial charge in [0.1, 0.15) is 17.7 Å². The Hall–Kier alpha value is -3.10. The maximum atomic E-state index is 13.8. The normalized spacial score (nSPS) is 13.8. The summed E-state index contributed by atoms with van der Waals surface area (Å²) in [6, 6.07) is 5.08. The highest BCUT2D eigenvalue weighted by atomic mass is 16.6. The number of nitrogens with zero attached hydrogens (tertiary/aromatic N) is 1. The van der Waals surface area contributed by atoms with Crippen molar-refractivity contribution < 1.29 is 23.9 Å². The van der Waals surface area contributed by atoms with E-state index in [1.807, 2.05) is 45.9 Å². The number of nitrogens with one attached hydrogen (secondary N) is 2. The predicted octanol–water partition coefficient (Wildman–Crippen LogP) is 3.35. The zero-order valence-corrected chi connectivity index (χ0v) is 22.1. The minimum Gasteiger partial charge on any atom is -0.444 e. The van der Waals surface area contributed by atoms with Gasteiger partial charge in [0.15, 0.2) is 0 Å². The van der Waals surface area contributed by atoms with Gasteiger partial charge in [-0.1, -0.05) is 50.1 Å². The molecule has 35 heavy (non-hydrogen) atoms. The van der Waals surface area contributed by atoms with E-state index in [-0.39, 0.29) is 18.5 Å². The lowest BCUT2D eigenvalue weighted by Gasteiger charge is -2.34. The number of amides is 4. The fourth-order valence-corrected chi connectivity index (χ4v) is 3.80. The predicted molar refractivity (Wildman–Crippen MR) is 135 cm³/mol. The molecular formula is C26H42N4O5. The topological polar surface area (TPSA) is 131 Å². The van der Waals surface area contributed by atoms with Crippen molar-refractivity contribution in [2.45, 2.75) is 97.9 Å². The summed E-state index contributed by atoms with van der Waals surface area (Å²) in [6.07, 6.45) is 0.975. The number of carbonyl (C=O) groups is 4. The lowest BCUT2D eigenvalue weighted by atomic mass is 9.99. The first kappa shape index (κ1) is 29.9. The van der Waals surface area contributed by atoms with Crippen LogP contribution in [-0.2, 0) is 19.1 Å². The summed E-state index contributed by atoms with van der Waals surface area (Å²) < 4.78 is 5.28. The van der Waals surface area contributed by atoms with Gasteiger partial charge in [-0.25, -0.2) is 4.79 Å². The number of hydrogen-bond acceptors (Lipinski definition) is 5. The summed E-state index contributed by atoms with van der Waals surface area (Å²) in [4.78, 5) is 52.9. The molecule has 0 fully saturated rings. The molecule has 0 aromatic heterocycles. The first-order valence-electron chi connectivity index (χ1n) is 12.2. The van der Waals surface area contributed by atoms with E-state index in [1.54, 1.807) is 26.8 Å². The van der Waals surface area contributed by atoms with Crippen molar-refractivity contribution in [3.05, 3.63) is 35.4 Å². The molecule has 4 N–H and O–H groups in total. The van der Waals surface area contributed by atoms with Crippen molar-refractivity contribution in [2.24, 2.45) is 5.73 Å².